The van der Waals surface area contributed by atoms with Gasteiger partial charge in [-0.25, -0.2) is 0 Å². The van der Waals surface area contributed by atoms with Crippen molar-refractivity contribution in [3.05, 3.63) is 56.7 Å². The van der Waals surface area contributed by atoms with Crippen LogP contribution >= 0.6 is 22.6 Å². The van der Waals surface area contributed by atoms with Crippen LogP contribution in [-0.2, 0) is 11.4 Å². The predicted octanol–water partition coefficient (Wildman–Crippen LogP) is 4.90. The summed E-state index contributed by atoms with van der Waals surface area (Å²) in [5.41, 5.74) is 2.24. The van der Waals surface area contributed by atoms with Crippen LogP contribution in [0.15, 0.2) is 41.6 Å². The Hall–Kier alpha value is -2.27. The van der Waals surface area contributed by atoms with Gasteiger partial charge in [0.25, 0.3) is 0 Å². The molecular formula is C20H21IN2O3. The molecule has 0 unspecified atom stereocenters. The number of ether oxygens (including phenoxy) is 2. The van der Waals surface area contributed by atoms with E-state index in [0.717, 1.165) is 20.4 Å². The Bertz CT molecular complexity index is 813. The number of nitrogens with zero attached hydrogens (tertiary/aromatic N) is 2. The molecule has 0 spiro atoms. The largest absolute Gasteiger partial charge is 0.490 e. The SMILES string of the molecule is CCOc1cc(/C=N\OCc2ccccc2C#N)cc(I)c1OC(C)C. The number of benzene rings is 2. The summed E-state index contributed by atoms with van der Waals surface area (Å²) in [5.74, 6) is 1.42. The van der Waals surface area contributed by atoms with Crippen LogP contribution in [0.3, 0.4) is 0 Å². The van der Waals surface area contributed by atoms with E-state index in [1.54, 1.807) is 12.3 Å². The van der Waals surface area contributed by atoms with E-state index in [4.69, 9.17) is 19.6 Å². The first-order valence-electron chi connectivity index (χ1n) is 8.31. The van der Waals surface area contributed by atoms with E-state index in [2.05, 4.69) is 33.8 Å². The third-order valence-corrected chi connectivity index (χ3v) is 4.12. The van der Waals surface area contributed by atoms with Gasteiger partial charge < -0.3 is 14.3 Å². The second-order valence-corrected chi connectivity index (χ2v) is 6.87. The van der Waals surface area contributed by atoms with E-state index in [9.17, 15) is 0 Å². The lowest BCUT2D eigenvalue weighted by Gasteiger charge is -2.16. The molecule has 2 aromatic carbocycles. The highest BCUT2D eigenvalue weighted by Gasteiger charge is 2.13. The van der Waals surface area contributed by atoms with Crippen molar-refractivity contribution < 1.29 is 14.3 Å². The molecule has 2 aromatic rings. The molecule has 0 saturated heterocycles. The number of rotatable bonds is 8. The number of nitriles is 1. The van der Waals surface area contributed by atoms with Crippen molar-refractivity contribution in [2.24, 2.45) is 5.16 Å². The number of hydrogen-bond acceptors (Lipinski definition) is 5. The summed E-state index contributed by atoms with van der Waals surface area (Å²) < 4.78 is 12.5. The van der Waals surface area contributed by atoms with E-state index in [-0.39, 0.29) is 12.7 Å². The van der Waals surface area contributed by atoms with E-state index < -0.39 is 0 Å². The Kier molecular flexibility index (Phi) is 7.73. The van der Waals surface area contributed by atoms with Crippen LogP contribution in [0.4, 0.5) is 0 Å². The zero-order valence-corrected chi connectivity index (χ0v) is 17.2. The second-order valence-electron chi connectivity index (χ2n) is 5.71. The van der Waals surface area contributed by atoms with Gasteiger partial charge in [-0.1, -0.05) is 23.4 Å². The Morgan fingerprint density at radius 2 is 2.04 bits per heavy atom. The molecule has 136 valence electrons. The average Bonchev–Trinajstić information content (AvgIpc) is 2.62. The molecule has 0 N–H and O–H groups in total. The molecule has 0 atom stereocenters. The first-order chi connectivity index (χ1) is 12.5. The summed E-state index contributed by atoms with van der Waals surface area (Å²) in [6, 6.07) is 13.3. The summed E-state index contributed by atoms with van der Waals surface area (Å²) in [6.45, 7) is 6.68. The van der Waals surface area contributed by atoms with Crippen molar-refractivity contribution in [1.82, 2.24) is 0 Å². The molecular weight excluding hydrogens is 443 g/mol. The van der Waals surface area contributed by atoms with Crippen molar-refractivity contribution in [2.75, 3.05) is 6.61 Å². The minimum atomic E-state index is 0.0609. The molecule has 0 aliphatic carbocycles. The van der Waals surface area contributed by atoms with Crippen LogP contribution in [0.1, 0.15) is 37.5 Å². The molecule has 26 heavy (non-hydrogen) atoms. The lowest BCUT2D eigenvalue weighted by molar-refractivity contribution is 0.132. The molecule has 0 heterocycles. The standard InChI is InChI=1S/C20H21IN2O3/c1-4-24-19-10-15(9-18(21)20(19)26-14(2)3)12-23-25-13-17-8-6-5-7-16(17)11-22/h5-10,12,14H,4,13H2,1-3H3/b23-12-. The highest BCUT2D eigenvalue weighted by Crippen LogP contribution is 2.34. The molecule has 0 aliphatic heterocycles. The lowest BCUT2D eigenvalue weighted by Crippen LogP contribution is -2.09. The van der Waals surface area contributed by atoms with Crippen LogP contribution in [-0.4, -0.2) is 18.9 Å². The molecule has 0 aliphatic rings. The minimum absolute atomic E-state index is 0.0609. The van der Waals surface area contributed by atoms with Gasteiger partial charge >= 0.3 is 0 Å². The Morgan fingerprint density at radius 1 is 1.27 bits per heavy atom. The van der Waals surface area contributed by atoms with Crippen LogP contribution < -0.4 is 9.47 Å². The molecule has 0 aromatic heterocycles. The van der Waals surface area contributed by atoms with E-state index in [0.29, 0.717) is 17.9 Å². The maximum Gasteiger partial charge on any atom is 0.174 e. The highest BCUT2D eigenvalue weighted by atomic mass is 127. The highest BCUT2D eigenvalue weighted by molar-refractivity contribution is 14.1. The average molecular weight is 464 g/mol. The van der Waals surface area contributed by atoms with Gasteiger partial charge in [0.1, 0.15) is 6.61 Å². The predicted molar refractivity (Wildman–Crippen MR) is 110 cm³/mol. The van der Waals surface area contributed by atoms with Gasteiger partial charge in [-0.15, -0.1) is 0 Å². The summed E-state index contributed by atoms with van der Waals surface area (Å²) in [6.07, 6.45) is 1.68. The lowest BCUT2D eigenvalue weighted by atomic mass is 10.1. The van der Waals surface area contributed by atoms with Gasteiger partial charge in [0.2, 0.25) is 0 Å². The summed E-state index contributed by atoms with van der Waals surface area (Å²) in [7, 11) is 0. The first-order valence-corrected chi connectivity index (χ1v) is 9.39. The van der Waals surface area contributed by atoms with E-state index in [1.807, 2.05) is 51.1 Å². The van der Waals surface area contributed by atoms with Crippen molar-refractivity contribution in [2.45, 2.75) is 33.5 Å². The number of oxime groups is 1. The van der Waals surface area contributed by atoms with E-state index in [1.165, 1.54) is 0 Å². The van der Waals surface area contributed by atoms with Gasteiger partial charge in [0.15, 0.2) is 11.5 Å². The van der Waals surface area contributed by atoms with Crippen LogP contribution in [0.25, 0.3) is 0 Å². The van der Waals surface area contributed by atoms with Crippen molar-refractivity contribution >= 4 is 28.8 Å². The quantitative estimate of drug-likeness (QED) is 0.317. The maximum atomic E-state index is 9.08. The fourth-order valence-corrected chi connectivity index (χ4v) is 2.99. The molecule has 0 fully saturated rings. The Labute approximate surface area is 167 Å². The molecule has 0 bridgehead atoms. The first kappa shape index (κ1) is 20.0. The Morgan fingerprint density at radius 3 is 2.73 bits per heavy atom. The Balaban J connectivity index is 2.11. The minimum Gasteiger partial charge on any atom is -0.490 e. The summed E-state index contributed by atoms with van der Waals surface area (Å²) >= 11 is 2.22. The molecule has 5 nitrogen and oxygen atoms in total. The number of halogens is 1. The fourth-order valence-electron chi connectivity index (χ4n) is 2.24. The van der Waals surface area contributed by atoms with Crippen LogP contribution in [0, 0.1) is 14.9 Å². The van der Waals surface area contributed by atoms with Crippen molar-refractivity contribution in [1.29, 1.82) is 5.26 Å². The maximum absolute atomic E-state index is 9.08. The van der Waals surface area contributed by atoms with Crippen molar-refractivity contribution in [3.8, 4) is 17.6 Å². The molecule has 6 heteroatoms. The van der Waals surface area contributed by atoms with Gasteiger partial charge in [-0.05, 0) is 61.6 Å². The molecule has 0 saturated carbocycles. The third-order valence-electron chi connectivity index (χ3n) is 3.32. The monoisotopic (exact) mass is 464 g/mol. The van der Waals surface area contributed by atoms with Crippen LogP contribution in [0.5, 0.6) is 11.5 Å². The third kappa shape index (κ3) is 5.63. The van der Waals surface area contributed by atoms with Crippen LogP contribution in [0.2, 0.25) is 0 Å². The summed E-state index contributed by atoms with van der Waals surface area (Å²) in [4.78, 5) is 5.34. The molecule has 0 amide bonds. The molecule has 2 rings (SSSR count). The van der Waals surface area contributed by atoms with Crippen molar-refractivity contribution in [3.63, 3.8) is 0 Å². The zero-order valence-electron chi connectivity index (χ0n) is 15.0. The number of hydrogen-bond donors (Lipinski definition) is 0. The zero-order chi connectivity index (χ0) is 18.9. The van der Waals surface area contributed by atoms with Gasteiger partial charge in [0, 0.05) is 11.1 Å². The molecule has 0 radical (unpaired) electrons. The van der Waals surface area contributed by atoms with Gasteiger partial charge in [-0.2, -0.15) is 5.26 Å². The van der Waals surface area contributed by atoms with E-state index >= 15 is 0 Å². The fraction of sp³-hybridized carbons (Fsp3) is 0.300. The summed E-state index contributed by atoms with van der Waals surface area (Å²) in [5, 5.41) is 13.1. The van der Waals surface area contributed by atoms with Gasteiger partial charge in [0.05, 0.1) is 34.1 Å². The smallest absolute Gasteiger partial charge is 0.174 e. The van der Waals surface area contributed by atoms with Gasteiger partial charge in [-0.3, -0.25) is 0 Å². The normalized spacial score (nSPS) is 10.8. The second kappa shape index (κ2) is 10.0. The topological polar surface area (TPSA) is 63.8 Å².